The van der Waals surface area contributed by atoms with Gasteiger partial charge in [-0.25, -0.2) is 4.21 Å². The predicted octanol–water partition coefficient (Wildman–Crippen LogP) is 3.81. The molecule has 1 heterocycles. The predicted molar refractivity (Wildman–Crippen MR) is 98.2 cm³/mol. The summed E-state index contributed by atoms with van der Waals surface area (Å²) in [6.07, 6.45) is 10.8. The molecule has 5 nitrogen and oxygen atoms in total. The Balaban J connectivity index is 1.69. The van der Waals surface area contributed by atoms with Crippen molar-refractivity contribution in [3.05, 3.63) is 21.9 Å². The number of amidine groups is 1. The molecule has 136 valence electrons. The standard InChI is InChI=1S/C19H26N2O3S/c22-17-12-7-3-1-2-4-8-13(11-12)18(23)16(17)19-20-14-9-5-6-10-15(14)25(24)21-19/h12-13,22H,1-11H2,(H,20,21). The highest BCUT2D eigenvalue weighted by molar-refractivity contribution is 7.88. The number of allylic oxidation sites excluding steroid dienone is 3. The Bertz CT molecular complexity index is 707. The second-order valence-electron chi connectivity index (χ2n) is 7.67. The molecular formula is C19H26N2O3S. The summed E-state index contributed by atoms with van der Waals surface area (Å²) in [6, 6.07) is 0. The molecule has 6 heteroatoms. The lowest BCUT2D eigenvalue weighted by atomic mass is 9.76. The highest BCUT2D eigenvalue weighted by atomic mass is 32.2. The van der Waals surface area contributed by atoms with Crippen molar-refractivity contribution in [1.82, 2.24) is 5.32 Å². The van der Waals surface area contributed by atoms with E-state index in [4.69, 9.17) is 0 Å². The molecule has 1 aliphatic heterocycles. The minimum absolute atomic E-state index is 0.0150. The highest BCUT2D eigenvalue weighted by Gasteiger charge is 2.39. The van der Waals surface area contributed by atoms with Gasteiger partial charge >= 0.3 is 0 Å². The van der Waals surface area contributed by atoms with Crippen LogP contribution in [0.15, 0.2) is 26.3 Å². The summed E-state index contributed by atoms with van der Waals surface area (Å²) in [6.45, 7) is 0. The quantitative estimate of drug-likeness (QED) is 0.743. The zero-order chi connectivity index (χ0) is 17.4. The number of nitrogens with one attached hydrogen (secondary N) is 1. The minimum atomic E-state index is -1.43. The van der Waals surface area contributed by atoms with Gasteiger partial charge in [0.2, 0.25) is 0 Å². The van der Waals surface area contributed by atoms with Crippen molar-refractivity contribution >= 4 is 22.6 Å². The molecule has 1 fully saturated rings. The van der Waals surface area contributed by atoms with Gasteiger partial charge in [-0.15, -0.1) is 0 Å². The van der Waals surface area contributed by atoms with Gasteiger partial charge in [0.1, 0.15) is 5.76 Å². The Morgan fingerprint density at radius 1 is 1.00 bits per heavy atom. The van der Waals surface area contributed by atoms with Crippen molar-refractivity contribution in [2.45, 2.75) is 70.6 Å². The smallest absolute Gasteiger partial charge is 0.173 e. The zero-order valence-corrected chi connectivity index (χ0v) is 15.4. The maximum Gasteiger partial charge on any atom is 0.173 e. The number of carbonyl (C=O) groups excluding carboxylic acids is 1. The van der Waals surface area contributed by atoms with E-state index in [0.717, 1.165) is 74.8 Å². The Hall–Kier alpha value is -1.43. The van der Waals surface area contributed by atoms with Crippen LogP contribution >= 0.6 is 0 Å². The van der Waals surface area contributed by atoms with Crippen molar-refractivity contribution in [2.24, 2.45) is 16.2 Å². The average molecular weight is 362 g/mol. The summed E-state index contributed by atoms with van der Waals surface area (Å²) >= 11 is 0. The van der Waals surface area contributed by atoms with Crippen molar-refractivity contribution in [3.63, 3.8) is 0 Å². The first-order chi connectivity index (χ1) is 12.1. The molecule has 3 atom stereocenters. The van der Waals surface area contributed by atoms with Gasteiger partial charge in [-0.05, 0) is 44.9 Å². The number of aliphatic hydroxyl groups excluding tert-OH is 1. The number of nitrogens with zero attached hydrogens (tertiary/aromatic N) is 1. The Morgan fingerprint density at radius 2 is 1.72 bits per heavy atom. The van der Waals surface area contributed by atoms with E-state index in [2.05, 4.69) is 9.71 Å². The first-order valence-corrected chi connectivity index (χ1v) is 10.7. The normalized spacial score (nSPS) is 33.7. The van der Waals surface area contributed by atoms with E-state index >= 15 is 0 Å². The molecule has 0 spiro atoms. The van der Waals surface area contributed by atoms with Crippen LogP contribution in [0.4, 0.5) is 0 Å². The third-order valence-corrected chi connectivity index (χ3v) is 7.21. The molecule has 0 aromatic rings. The van der Waals surface area contributed by atoms with E-state index < -0.39 is 11.0 Å². The van der Waals surface area contributed by atoms with E-state index in [1.165, 1.54) is 6.42 Å². The van der Waals surface area contributed by atoms with Crippen molar-refractivity contribution in [3.8, 4) is 0 Å². The Morgan fingerprint density at radius 3 is 2.52 bits per heavy atom. The third-order valence-electron chi connectivity index (χ3n) is 5.99. The van der Waals surface area contributed by atoms with Gasteiger partial charge in [-0.2, -0.15) is 4.40 Å². The van der Waals surface area contributed by atoms with Gasteiger partial charge in [0.15, 0.2) is 22.6 Å². The molecule has 3 aliphatic carbocycles. The second-order valence-corrected chi connectivity index (χ2v) is 8.84. The number of hydrogen-bond donors (Lipinski definition) is 2. The van der Waals surface area contributed by atoms with Gasteiger partial charge in [0.05, 0.1) is 10.5 Å². The number of aliphatic hydroxyl groups is 1. The molecule has 0 amide bonds. The molecule has 2 N–H and O–H groups in total. The third kappa shape index (κ3) is 3.21. The first-order valence-electron chi connectivity index (χ1n) is 9.62. The Kier molecular flexibility index (Phi) is 4.80. The number of rotatable bonds is 1. The fourth-order valence-electron chi connectivity index (χ4n) is 4.59. The number of fused-ring (bicyclic) bond motifs is 2. The molecule has 0 aromatic carbocycles. The van der Waals surface area contributed by atoms with E-state index in [9.17, 15) is 14.1 Å². The molecule has 0 aromatic heterocycles. The van der Waals surface area contributed by atoms with Crippen LogP contribution < -0.4 is 5.32 Å². The van der Waals surface area contributed by atoms with E-state index in [-0.39, 0.29) is 23.4 Å². The van der Waals surface area contributed by atoms with E-state index in [0.29, 0.717) is 11.4 Å². The highest BCUT2D eigenvalue weighted by Crippen LogP contribution is 2.39. The molecule has 0 saturated heterocycles. The minimum Gasteiger partial charge on any atom is -0.511 e. The first kappa shape index (κ1) is 17.0. The average Bonchev–Trinajstić information content (AvgIpc) is 2.72. The fourth-order valence-corrected chi connectivity index (χ4v) is 5.68. The van der Waals surface area contributed by atoms with E-state index in [1.807, 2.05) is 0 Å². The van der Waals surface area contributed by atoms with Crippen LogP contribution in [-0.2, 0) is 15.8 Å². The molecule has 25 heavy (non-hydrogen) atoms. The molecule has 1 saturated carbocycles. The summed E-state index contributed by atoms with van der Waals surface area (Å²) in [5, 5.41) is 14.1. The SMILES string of the molecule is O=C1C(C2=NS(=O)C3=C(CCCC3)N2)=C(O)C2CCCCCCC1C2. The topological polar surface area (TPSA) is 78.8 Å². The van der Waals surface area contributed by atoms with Crippen molar-refractivity contribution in [1.29, 1.82) is 0 Å². The van der Waals surface area contributed by atoms with Crippen LogP contribution in [0.1, 0.15) is 70.6 Å². The summed E-state index contributed by atoms with van der Waals surface area (Å²) < 4.78 is 16.8. The second kappa shape index (κ2) is 7.06. The number of Topliss-reactive ketones (excluding diaryl/α,β-unsaturated/α-hetero) is 1. The lowest BCUT2D eigenvalue weighted by Crippen LogP contribution is -2.39. The molecule has 3 unspecified atom stereocenters. The molecule has 2 bridgehead atoms. The van der Waals surface area contributed by atoms with Crippen LogP contribution in [0.3, 0.4) is 0 Å². The van der Waals surface area contributed by atoms with Crippen LogP contribution in [0, 0.1) is 11.8 Å². The van der Waals surface area contributed by atoms with Crippen LogP contribution in [0.2, 0.25) is 0 Å². The summed E-state index contributed by atoms with van der Waals surface area (Å²) in [7, 11) is -1.43. The molecular weight excluding hydrogens is 336 g/mol. The van der Waals surface area contributed by atoms with Crippen molar-refractivity contribution in [2.75, 3.05) is 0 Å². The van der Waals surface area contributed by atoms with Gasteiger partial charge < -0.3 is 10.4 Å². The van der Waals surface area contributed by atoms with Gasteiger partial charge in [-0.1, -0.05) is 25.7 Å². The van der Waals surface area contributed by atoms with Gasteiger partial charge in [0.25, 0.3) is 0 Å². The molecule has 0 radical (unpaired) electrons. The maximum absolute atomic E-state index is 13.0. The zero-order valence-electron chi connectivity index (χ0n) is 14.6. The summed E-state index contributed by atoms with van der Waals surface area (Å²) in [5.74, 6) is 0.504. The lowest BCUT2D eigenvalue weighted by molar-refractivity contribution is -0.120. The number of carbonyl (C=O) groups is 1. The Labute approximate surface area is 151 Å². The van der Waals surface area contributed by atoms with Crippen LogP contribution in [0.5, 0.6) is 0 Å². The van der Waals surface area contributed by atoms with Crippen LogP contribution in [-0.4, -0.2) is 20.9 Å². The molecule has 4 rings (SSSR count). The fraction of sp³-hybridized carbons (Fsp3) is 0.684. The monoisotopic (exact) mass is 362 g/mol. The van der Waals surface area contributed by atoms with Gasteiger partial charge in [0, 0.05) is 17.5 Å². The number of hydrogen-bond acceptors (Lipinski definition) is 4. The molecule has 4 aliphatic rings. The number of ketones is 1. The lowest BCUT2D eigenvalue weighted by Gasteiger charge is -2.32. The summed E-state index contributed by atoms with van der Waals surface area (Å²) in [5.41, 5.74) is 1.26. The van der Waals surface area contributed by atoms with Gasteiger partial charge in [-0.3, -0.25) is 4.79 Å². The summed E-state index contributed by atoms with van der Waals surface area (Å²) in [4.78, 5) is 13.9. The van der Waals surface area contributed by atoms with Crippen molar-refractivity contribution < 1.29 is 14.1 Å². The largest absolute Gasteiger partial charge is 0.511 e. The van der Waals surface area contributed by atoms with Crippen LogP contribution in [0.25, 0.3) is 0 Å². The van der Waals surface area contributed by atoms with E-state index in [1.54, 1.807) is 0 Å². The maximum atomic E-state index is 13.0.